The molecule has 0 bridgehead atoms. The van der Waals surface area contributed by atoms with Crippen molar-refractivity contribution in [2.75, 3.05) is 0 Å². The summed E-state index contributed by atoms with van der Waals surface area (Å²) < 4.78 is 11.8. The van der Waals surface area contributed by atoms with E-state index in [2.05, 4.69) is 18.0 Å². The Morgan fingerprint density at radius 1 is 0.897 bits per heavy atom. The molecule has 8 heteroatoms. The van der Waals surface area contributed by atoms with Gasteiger partial charge in [0, 0.05) is 28.8 Å². The highest BCUT2D eigenvalue weighted by atomic mass is 32.1. The Morgan fingerprint density at radius 2 is 1.41 bits per heavy atom. The number of carbonyl (C=O) groups excluding carboxylic acids is 1. The van der Waals surface area contributed by atoms with Gasteiger partial charge in [0.1, 0.15) is 23.0 Å². The van der Waals surface area contributed by atoms with Crippen molar-refractivity contribution in [3.05, 3.63) is 82.9 Å². The number of rotatable bonds is 0. The molecule has 0 aromatic heterocycles. The van der Waals surface area contributed by atoms with Crippen LogP contribution in [0.3, 0.4) is 0 Å². The highest BCUT2D eigenvalue weighted by molar-refractivity contribution is 7.79. The highest BCUT2D eigenvalue weighted by Crippen LogP contribution is 2.56. The van der Waals surface area contributed by atoms with E-state index < -0.39 is 16.7 Å². The summed E-state index contributed by atoms with van der Waals surface area (Å²) in [5, 5.41) is 26.7. The van der Waals surface area contributed by atoms with Crippen molar-refractivity contribution in [2.45, 2.75) is 5.60 Å². The van der Waals surface area contributed by atoms with Crippen molar-refractivity contribution >= 4 is 23.4 Å². The predicted molar refractivity (Wildman–Crippen MR) is 107 cm³/mol. The largest absolute Gasteiger partial charge is 0.508 e. The molecule has 0 unspecified atom stereocenters. The first kappa shape index (κ1) is 18.6. The minimum atomic E-state index is -1.17. The first-order valence-corrected chi connectivity index (χ1v) is 8.90. The lowest BCUT2D eigenvalue weighted by atomic mass is 9.77. The summed E-state index contributed by atoms with van der Waals surface area (Å²) >= 11 is 3.87. The minimum absolute atomic E-state index is 0.0371. The Labute approximate surface area is 170 Å². The number of benzene rings is 3. The lowest BCUT2D eigenvalue weighted by molar-refractivity contribution is 0.0224. The van der Waals surface area contributed by atoms with Crippen LogP contribution < -0.4 is 10.5 Å². The van der Waals surface area contributed by atoms with Crippen molar-refractivity contribution in [3.63, 3.8) is 0 Å². The molecular formula is C21H15NO6S. The summed E-state index contributed by atoms with van der Waals surface area (Å²) in [6.07, 6.45) is 0. The van der Waals surface area contributed by atoms with Crippen LogP contribution in [-0.2, 0) is 10.3 Å². The van der Waals surface area contributed by atoms with Gasteiger partial charge in [-0.05, 0) is 42.5 Å². The smallest absolute Gasteiger partial charge is 0.340 e. The molecule has 0 amide bonds. The third-order valence-corrected chi connectivity index (χ3v) is 4.68. The summed E-state index contributed by atoms with van der Waals surface area (Å²) in [5.41, 5.74) is 5.68. The zero-order valence-corrected chi connectivity index (χ0v) is 15.6. The van der Waals surface area contributed by atoms with Gasteiger partial charge >= 0.3 is 5.97 Å². The quantitative estimate of drug-likeness (QED) is 0.329. The van der Waals surface area contributed by atoms with Crippen molar-refractivity contribution in [2.24, 2.45) is 5.73 Å². The molecule has 2 aliphatic heterocycles. The van der Waals surface area contributed by atoms with Gasteiger partial charge in [0.25, 0.3) is 5.17 Å². The molecule has 0 saturated carbocycles. The number of phenols is 2. The maximum atomic E-state index is 12.5. The Morgan fingerprint density at radius 3 is 1.97 bits per heavy atom. The Balaban J connectivity index is 0.000000472. The molecule has 2 aliphatic rings. The van der Waals surface area contributed by atoms with Gasteiger partial charge in [-0.15, -0.1) is 0 Å². The van der Waals surface area contributed by atoms with Gasteiger partial charge in [0.15, 0.2) is 5.60 Å². The van der Waals surface area contributed by atoms with E-state index in [1.54, 1.807) is 24.3 Å². The summed E-state index contributed by atoms with van der Waals surface area (Å²) in [6.45, 7) is 0. The third kappa shape index (κ3) is 2.90. The van der Waals surface area contributed by atoms with Crippen LogP contribution in [-0.4, -0.2) is 26.5 Å². The van der Waals surface area contributed by atoms with Crippen molar-refractivity contribution in [1.29, 1.82) is 0 Å². The first-order valence-electron chi connectivity index (χ1n) is 8.49. The molecule has 0 atom stereocenters. The topological polar surface area (TPSA) is 122 Å². The fourth-order valence-corrected chi connectivity index (χ4v) is 3.65. The van der Waals surface area contributed by atoms with E-state index in [1.807, 2.05) is 12.1 Å². The van der Waals surface area contributed by atoms with E-state index in [-0.39, 0.29) is 11.5 Å². The normalized spacial score (nSPS) is 14.4. The lowest BCUT2D eigenvalue weighted by Gasteiger charge is -2.36. The second kappa shape index (κ2) is 6.68. The van der Waals surface area contributed by atoms with Gasteiger partial charge in [-0.25, -0.2) is 4.79 Å². The number of hydrogen-bond acceptors (Lipinski definition) is 6. The lowest BCUT2D eigenvalue weighted by Crippen LogP contribution is -2.32. The van der Waals surface area contributed by atoms with Crippen LogP contribution in [0, 0.1) is 0 Å². The van der Waals surface area contributed by atoms with Crippen LogP contribution in [0.4, 0.5) is 0 Å². The summed E-state index contributed by atoms with van der Waals surface area (Å²) in [7, 11) is 0. The molecule has 0 aliphatic carbocycles. The third-order valence-electron chi connectivity index (χ3n) is 4.68. The monoisotopic (exact) mass is 409 g/mol. The SMILES string of the molecule is NC(O)=S.O=C1OC2(c3ccc(O)cc3Oc3cc(O)ccc32)c2ccccc21. The maximum Gasteiger partial charge on any atom is 0.340 e. The summed E-state index contributed by atoms with van der Waals surface area (Å²) in [6, 6.07) is 16.6. The van der Waals surface area contributed by atoms with Crippen LogP contribution in [0.5, 0.6) is 23.0 Å². The number of aliphatic hydroxyl groups is 1. The van der Waals surface area contributed by atoms with Gasteiger partial charge in [0.05, 0.1) is 5.56 Å². The molecule has 5 N–H and O–H groups in total. The van der Waals surface area contributed by atoms with E-state index in [4.69, 9.17) is 14.6 Å². The average Bonchev–Trinajstić information content (AvgIpc) is 2.95. The number of nitrogens with two attached hydrogens (primary N) is 1. The molecule has 3 aromatic carbocycles. The molecule has 5 rings (SSSR count). The second-order valence-electron chi connectivity index (χ2n) is 6.42. The number of ether oxygens (including phenoxy) is 2. The number of esters is 1. The van der Waals surface area contributed by atoms with Crippen LogP contribution in [0.1, 0.15) is 27.0 Å². The number of phenolic OH excluding ortho intramolecular Hbond substituents is 2. The minimum Gasteiger partial charge on any atom is -0.508 e. The highest BCUT2D eigenvalue weighted by Gasteiger charge is 2.53. The van der Waals surface area contributed by atoms with Crippen molar-refractivity contribution in [3.8, 4) is 23.0 Å². The van der Waals surface area contributed by atoms with E-state index in [9.17, 15) is 15.0 Å². The molecule has 29 heavy (non-hydrogen) atoms. The maximum absolute atomic E-state index is 12.5. The molecule has 146 valence electrons. The van der Waals surface area contributed by atoms with E-state index >= 15 is 0 Å². The van der Waals surface area contributed by atoms with Crippen LogP contribution in [0.2, 0.25) is 0 Å². The zero-order valence-electron chi connectivity index (χ0n) is 14.8. The van der Waals surface area contributed by atoms with E-state index in [1.165, 1.54) is 24.3 Å². The second-order valence-corrected chi connectivity index (χ2v) is 6.84. The average molecular weight is 409 g/mol. The number of carbonyl (C=O) groups is 1. The number of hydrogen-bond donors (Lipinski definition) is 4. The number of aliphatic hydroxyl groups excluding tert-OH is 1. The molecule has 1 spiro atoms. The summed E-state index contributed by atoms with van der Waals surface area (Å²) in [4.78, 5) is 12.5. The standard InChI is InChI=1S/C20H12O5.CH3NOS/c21-11-5-7-15-17(9-11)24-18-10-12(22)6-8-16(18)20(15)14-4-2-1-3-13(14)19(23)25-20;2-1(3)4/h1-10,21-22H;(H3,2,3,4). The van der Waals surface area contributed by atoms with Gasteiger partial charge in [-0.2, -0.15) is 0 Å². The molecule has 0 radical (unpaired) electrons. The van der Waals surface area contributed by atoms with E-state index in [0.29, 0.717) is 33.8 Å². The summed E-state index contributed by atoms with van der Waals surface area (Å²) in [5.74, 6) is 0.408. The Kier molecular flexibility index (Phi) is 4.28. The van der Waals surface area contributed by atoms with Gasteiger partial charge in [0.2, 0.25) is 0 Å². The van der Waals surface area contributed by atoms with Crippen LogP contribution in [0.15, 0.2) is 60.7 Å². The van der Waals surface area contributed by atoms with Gasteiger partial charge in [-0.1, -0.05) is 18.2 Å². The molecule has 0 fully saturated rings. The van der Waals surface area contributed by atoms with Crippen LogP contribution >= 0.6 is 12.2 Å². The van der Waals surface area contributed by atoms with E-state index in [0.717, 1.165) is 0 Å². The Hall–Kier alpha value is -3.78. The van der Waals surface area contributed by atoms with Crippen LogP contribution in [0.25, 0.3) is 0 Å². The molecule has 3 aromatic rings. The Bertz CT molecular complexity index is 1100. The first-order chi connectivity index (χ1) is 13.8. The van der Waals surface area contributed by atoms with Gasteiger partial charge in [-0.3, -0.25) is 0 Å². The van der Waals surface area contributed by atoms with Crippen molar-refractivity contribution < 1.29 is 29.6 Å². The molecule has 2 heterocycles. The fourth-order valence-electron chi connectivity index (χ4n) is 3.65. The fraction of sp³-hybridized carbons (Fsp3) is 0.0476. The van der Waals surface area contributed by atoms with Gasteiger partial charge < -0.3 is 30.5 Å². The zero-order chi connectivity index (χ0) is 20.8. The molecule has 7 nitrogen and oxygen atoms in total. The predicted octanol–water partition coefficient (Wildman–Crippen LogP) is 3.45. The molecule has 0 saturated heterocycles. The molecular weight excluding hydrogens is 394 g/mol. The van der Waals surface area contributed by atoms with Crippen molar-refractivity contribution in [1.82, 2.24) is 0 Å². The number of thiocarbonyl (C=S) groups is 1. The number of fused-ring (bicyclic) bond motifs is 6. The number of aromatic hydroxyl groups is 2.